The highest BCUT2D eigenvalue weighted by Crippen LogP contribution is 2.12. The van der Waals surface area contributed by atoms with Crippen molar-refractivity contribution in [3.05, 3.63) is 18.0 Å². The fourth-order valence-electron chi connectivity index (χ4n) is 1.88. The summed E-state index contributed by atoms with van der Waals surface area (Å²) >= 11 is 0. The summed E-state index contributed by atoms with van der Waals surface area (Å²) in [6.45, 7) is 12.2. The van der Waals surface area contributed by atoms with Gasteiger partial charge in [0.15, 0.2) is 0 Å². The van der Waals surface area contributed by atoms with Gasteiger partial charge in [0, 0.05) is 18.3 Å². The molecule has 2 unspecified atom stereocenters. The second-order valence-electron chi connectivity index (χ2n) is 5.75. The molecule has 0 aliphatic rings. The topological polar surface area (TPSA) is 29.9 Å². The van der Waals surface area contributed by atoms with Crippen LogP contribution >= 0.6 is 0 Å². The van der Waals surface area contributed by atoms with E-state index in [1.54, 1.807) is 0 Å². The quantitative estimate of drug-likeness (QED) is 0.767. The predicted molar refractivity (Wildman–Crippen MR) is 77.9 cm³/mol. The Balaban J connectivity index is 2.32. The fourth-order valence-corrected chi connectivity index (χ4v) is 1.88. The summed E-state index contributed by atoms with van der Waals surface area (Å²) in [5.41, 5.74) is 1.23. The van der Waals surface area contributed by atoms with E-state index in [-0.39, 0.29) is 0 Å². The highest BCUT2D eigenvalue weighted by molar-refractivity contribution is 5.00. The molecule has 0 amide bonds. The molecular formula is C15H29N3. The Hall–Kier alpha value is -0.830. The van der Waals surface area contributed by atoms with Gasteiger partial charge in [0.25, 0.3) is 0 Å². The maximum absolute atomic E-state index is 4.64. The Morgan fingerprint density at radius 3 is 2.61 bits per heavy atom. The van der Waals surface area contributed by atoms with E-state index in [1.807, 2.05) is 0 Å². The minimum absolute atomic E-state index is 0.513. The Morgan fingerprint density at radius 2 is 2.00 bits per heavy atom. The molecule has 2 atom stereocenters. The van der Waals surface area contributed by atoms with Crippen molar-refractivity contribution >= 4 is 0 Å². The van der Waals surface area contributed by atoms with Crippen LogP contribution in [0.3, 0.4) is 0 Å². The van der Waals surface area contributed by atoms with Gasteiger partial charge in [-0.05, 0) is 44.7 Å². The number of hydrogen-bond acceptors (Lipinski definition) is 2. The molecule has 1 rings (SSSR count). The van der Waals surface area contributed by atoms with E-state index in [9.17, 15) is 0 Å². The molecule has 1 aromatic heterocycles. The van der Waals surface area contributed by atoms with E-state index >= 15 is 0 Å². The summed E-state index contributed by atoms with van der Waals surface area (Å²) < 4.78 is 2.09. The van der Waals surface area contributed by atoms with Crippen molar-refractivity contribution in [3.8, 4) is 0 Å². The zero-order valence-corrected chi connectivity index (χ0v) is 12.6. The first-order valence-electron chi connectivity index (χ1n) is 7.30. The number of rotatable bonds is 8. The molecule has 18 heavy (non-hydrogen) atoms. The monoisotopic (exact) mass is 251 g/mol. The van der Waals surface area contributed by atoms with Crippen LogP contribution in [0.25, 0.3) is 0 Å². The minimum Gasteiger partial charge on any atom is -0.314 e. The maximum Gasteiger partial charge on any atom is 0.0624 e. The van der Waals surface area contributed by atoms with Crippen molar-refractivity contribution in [1.82, 2.24) is 15.1 Å². The molecule has 1 N–H and O–H groups in total. The summed E-state index contributed by atoms with van der Waals surface area (Å²) in [4.78, 5) is 0. The van der Waals surface area contributed by atoms with Gasteiger partial charge in [0.2, 0.25) is 0 Å². The van der Waals surface area contributed by atoms with Crippen molar-refractivity contribution < 1.29 is 0 Å². The number of hydrogen-bond donors (Lipinski definition) is 1. The number of nitrogens with zero attached hydrogens (tertiary/aromatic N) is 2. The summed E-state index contributed by atoms with van der Waals surface area (Å²) in [5.74, 6) is 0.709. The third-order valence-electron chi connectivity index (χ3n) is 3.47. The van der Waals surface area contributed by atoms with Gasteiger partial charge in [0.05, 0.1) is 5.69 Å². The van der Waals surface area contributed by atoms with E-state index in [2.05, 4.69) is 62.0 Å². The van der Waals surface area contributed by atoms with Crippen LogP contribution in [-0.4, -0.2) is 22.4 Å². The molecule has 0 radical (unpaired) electrons. The van der Waals surface area contributed by atoms with Gasteiger partial charge < -0.3 is 5.32 Å². The molecule has 0 aliphatic carbocycles. The van der Waals surface area contributed by atoms with Gasteiger partial charge in [-0.1, -0.05) is 27.7 Å². The smallest absolute Gasteiger partial charge is 0.0624 e. The molecule has 0 bridgehead atoms. The van der Waals surface area contributed by atoms with Gasteiger partial charge in [0.1, 0.15) is 0 Å². The van der Waals surface area contributed by atoms with Gasteiger partial charge in [-0.15, -0.1) is 0 Å². The summed E-state index contributed by atoms with van der Waals surface area (Å²) in [7, 11) is 0. The van der Waals surface area contributed by atoms with E-state index in [0.717, 1.165) is 19.4 Å². The van der Waals surface area contributed by atoms with Crippen LogP contribution in [0, 0.1) is 5.92 Å². The minimum atomic E-state index is 0.513. The Labute approximate surface area is 112 Å². The number of aryl methyl sites for hydroxylation is 1. The molecule has 1 aromatic rings. The van der Waals surface area contributed by atoms with Crippen molar-refractivity contribution in [2.24, 2.45) is 5.92 Å². The van der Waals surface area contributed by atoms with E-state index < -0.39 is 0 Å². The van der Waals surface area contributed by atoms with Crippen molar-refractivity contribution in [3.63, 3.8) is 0 Å². The zero-order valence-electron chi connectivity index (χ0n) is 12.6. The molecule has 3 heteroatoms. The molecule has 1 heterocycles. The largest absolute Gasteiger partial charge is 0.314 e. The molecule has 0 aromatic carbocycles. The first-order valence-corrected chi connectivity index (χ1v) is 7.30. The molecule has 104 valence electrons. The lowest BCUT2D eigenvalue weighted by molar-refractivity contribution is 0.445. The fraction of sp³-hybridized carbons (Fsp3) is 0.800. The van der Waals surface area contributed by atoms with Crippen LogP contribution in [0.4, 0.5) is 0 Å². The summed E-state index contributed by atoms with van der Waals surface area (Å²) in [6.07, 6.45) is 5.54. The van der Waals surface area contributed by atoms with Gasteiger partial charge in [-0.2, -0.15) is 5.10 Å². The van der Waals surface area contributed by atoms with E-state index in [4.69, 9.17) is 0 Å². The average molecular weight is 251 g/mol. The Bertz CT molecular complexity index is 330. The van der Waals surface area contributed by atoms with E-state index in [0.29, 0.717) is 18.0 Å². The molecule has 0 saturated heterocycles. The lowest BCUT2D eigenvalue weighted by Gasteiger charge is -2.14. The van der Waals surface area contributed by atoms with Crippen LogP contribution in [-0.2, 0) is 6.42 Å². The standard InChI is InChI=1S/C15H29N3/c1-6-14(5)18-10-9-15(17-18)8-7-13(4)11-16-12(2)3/h9-10,12-14,16H,6-8,11H2,1-5H3. The van der Waals surface area contributed by atoms with E-state index in [1.165, 1.54) is 12.1 Å². The van der Waals surface area contributed by atoms with Crippen molar-refractivity contribution in [2.75, 3.05) is 6.54 Å². The molecule has 0 spiro atoms. The second-order valence-corrected chi connectivity index (χ2v) is 5.75. The molecule has 3 nitrogen and oxygen atoms in total. The van der Waals surface area contributed by atoms with Gasteiger partial charge >= 0.3 is 0 Å². The number of nitrogens with one attached hydrogen (secondary N) is 1. The van der Waals surface area contributed by atoms with Crippen LogP contribution in [0.5, 0.6) is 0 Å². The van der Waals surface area contributed by atoms with Crippen LogP contribution in [0.15, 0.2) is 12.3 Å². The van der Waals surface area contributed by atoms with Crippen molar-refractivity contribution in [2.45, 2.75) is 66.0 Å². The summed E-state index contributed by atoms with van der Waals surface area (Å²) in [5, 5.41) is 8.13. The van der Waals surface area contributed by atoms with Crippen LogP contribution in [0.1, 0.15) is 59.2 Å². The van der Waals surface area contributed by atoms with Gasteiger partial charge in [-0.25, -0.2) is 0 Å². The Kier molecular flexibility index (Phi) is 6.41. The lowest BCUT2D eigenvalue weighted by Crippen LogP contribution is -2.28. The van der Waals surface area contributed by atoms with Crippen LogP contribution < -0.4 is 5.32 Å². The first kappa shape index (κ1) is 15.2. The highest BCUT2D eigenvalue weighted by atomic mass is 15.3. The molecule has 0 aliphatic heterocycles. The second kappa shape index (κ2) is 7.57. The summed E-state index contributed by atoms with van der Waals surface area (Å²) in [6, 6.07) is 3.25. The zero-order chi connectivity index (χ0) is 13.5. The first-order chi connectivity index (χ1) is 8.52. The SMILES string of the molecule is CCC(C)n1ccc(CCC(C)CNC(C)C)n1. The highest BCUT2D eigenvalue weighted by Gasteiger charge is 2.07. The normalized spacial score (nSPS) is 15.0. The maximum atomic E-state index is 4.64. The third kappa shape index (κ3) is 5.21. The van der Waals surface area contributed by atoms with Gasteiger partial charge in [-0.3, -0.25) is 4.68 Å². The van der Waals surface area contributed by atoms with Crippen molar-refractivity contribution in [1.29, 1.82) is 0 Å². The Morgan fingerprint density at radius 1 is 1.28 bits per heavy atom. The lowest BCUT2D eigenvalue weighted by atomic mass is 10.0. The average Bonchev–Trinajstić information content (AvgIpc) is 2.81. The molecule has 0 fully saturated rings. The third-order valence-corrected chi connectivity index (χ3v) is 3.47. The van der Waals surface area contributed by atoms with Crippen LogP contribution in [0.2, 0.25) is 0 Å². The molecule has 0 saturated carbocycles. The predicted octanol–water partition coefficient (Wildman–Crippen LogP) is 3.42. The number of aromatic nitrogens is 2. The molecular weight excluding hydrogens is 222 g/mol.